The number of allylic oxidation sites excluding steroid dienone is 1. The van der Waals surface area contributed by atoms with Crippen molar-refractivity contribution in [3.05, 3.63) is 71.7 Å². The molecule has 0 aromatic heterocycles. The summed E-state index contributed by atoms with van der Waals surface area (Å²) in [6.07, 6.45) is 2.14. The summed E-state index contributed by atoms with van der Waals surface area (Å²) in [4.78, 5) is 25.3. The average molecular weight is 396 g/mol. The van der Waals surface area contributed by atoms with E-state index in [4.69, 9.17) is 14.2 Å². The normalized spacial score (nSPS) is 23.4. The molecule has 0 amide bonds. The highest BCUT2D eigenvalue weighted by molar-refractivity contribution is 6.22. The summed E-state index contributed by atoms with van der Waals surface area (Å²) < 4.78 is 30.5. The van der Waals surface area contributed by atoms with Crippen molar-refractivity contribution in [1.82, 2.24) is 0 Å². The van der Waals surface area contributed by atoms with Crippen molar-refractivity contribution >= 4 is 17.3 Å². The summed E-state index contributed by atoms with van der Waals surface area (Å²) in [7, 11) is 1.56. The van der Waals surface area contributed by atoms with Crippen LogP contribution in [0.25, 0.3) is 5.57 Å². The molecular formula is C23H21FO5. The molecule has 150 valence electrons. The highest BCUT2D eigenvalue weighted by Gasteiger charge is 2.42. The van der Waals surface area contributed by atoms with E-state index >= 15 is 0 Å². The number of carbonyl (C=O) groups is 2. The molecule has 2 aromatic rings. The van der Waals surface area contributed by atoms with Crippen molar-refractivity contribution in [2.24, 2.45) is 5.92 Å². The maximum atomic E-state index is 13.8. The van der Waals surface area contributed by atoms with E-state index in [-0.39, 0.29) is 23.4 Å². The number of ether oxygens (including phenoxy) is 3. The lowest BCUT2D eigenvalue weighted by Crippen LogP contribution is -2.42. The SMILES string of the molecule is COc1ccccc1C1=COC2CC(OC(=O)c3ccccc3F)CCC2C1=O. The van der Waals surface area contributed by atoms with Gasteiger partial charge in [-0.2, -0.15) is 0 Å². The molecule has 1 aliphatic carbocycles. The minimum Gasteiger partial charge on any atom is -0.496 e. The van der Waals surface area contributed by atoms with Gasteiger partial charge in [0, 0.05) is 12.0 Å². The van der Waals surface area contributed by atoms with Gasteiger partial charge in [0.1, 0.15) is 23.8 Å². The highest BCUT2D eigenvalue weighted by Crippen LogP contribution is 2.39. The average Bonchev–Trinajstić information content (AvgIpc) is 2.74. The van der Waals surface area contributed by atoms with Crippen LogP contribution in [0.1, 0.15) is 35.2 Å². The van der Waals surface area contributed by atoms with Crippen LogP contribution in [0.3, 0.4) is 0 Å². The monoisotopic (exact) mass is 396 g/mol. The standard InChI is InChI=1S/C23H21FO5/c1-27-20-9-5-3-6-15(20)18-13-28-21-12-14(10-11-17(21)22(18)25)29-23(26)16-7-2-4-8-19(16)24/h2-9,13-14,17,21H,10-12H2,1H3. The number of hydrogen-bond acceptors (Lipinski definition) is 5. The molecular weight excluding hydrogens is 375 g/mol. The van der Waals surface area contributed by atoms with Crippen molar-refractivity contribution in [3.8, 4) is 5.75 Å². The van der Waals surface area contributed by atoms with Gasteiger partial charge < -0.3 is 14.2 Å². The van der Waals surface area contributed by atoms with Crippen LogP contribution in [0.2, 0.25) is 0 Å². The molecule has 1 fully saturated rings. The topological polar surface area (TPSA) is 61.8 Å². The fraction of sp³-hybridized carbons (Fsp3) is 0.304. The first kappa shape index (κ1) is 19.2. The van der Waals surface area contributed by atoms with E-state index in [0.717, 1.165) is 0 Å². The van der Waals surface area contributed by atoms with Crippen molar-refractivity contribution in [3.63, 3.8) is 0 Å². The predicted molar refractivity (Wildman–Crippen MR) is 104 cm³/mol. The zero-order valence-electron chi connectivity index (χ0n) is 16.0. The fourth-order valence-corrected chi connectivity index (χ4v) is 3.97. The first-order valence-electron chi connectivity index (χ1n) is 9.57. The summed E-state index contributed by atoms with van der Waals surface area (Å²) >= 11 is 0. The van der Waals surface area contributed by atoms with Gasteiger partial charge in [-0.05, 0) is 31.0 Å². The first-order chi connectivity index (χ1) is 14.1. The molecule has 0 radical (unpaired) electrons. The third kappa shape index (κ3) is 3.75. The molecule has 2 aliphatic rings. The van der Waals surface area contributed by atoms with Crippen molar-refractivity contribution in [2.75, 3.05) is 7.11 Å². The summed E-state index contributed by atoms with van der Waals surface area (Å²) in [6, 6.07) is 13.0. The Bertz CT molecular complexity index is 967. The second kappa shape index (κ2) is 8.07. The number of esters is 1. The summed E-state index contributed by atoms with van der Waals surface area (Å²) in [5.41, 5.74) is 1.10. The summed E-state index contributed by atoms with van der Waals surface area (Å²) in [5.74, 6) is -0.992. The Balaban J connectivity index is 1.47. The van der Waals surface area contributed by atoms with Gasteiger partial charge in [-0.25, -0.2) is 9.18 Å². The Morgan fingerprint density at radius 3 is 2.66 bits per heavy atom. The van der Waals surface area contributed by atoms with Crippen molar-refractivity contribution in [2.45, 2.75) is 31.5 Å². The van der Waals surface area contributed by atoms with Gasteiger partial charge >= 0.3 is 5.97 Å². The quantitative estimate of drug-likeness (QED) is 0.726. The van der Waals surface area contributed by atoms with Crippen LogP contribution >= 0.6 is 0 Å². The van der Waals surface area contributed by atoms with Gasteiger partial charge in [0.2, 0.25) is 0 Å². The lowest BCUT2D eigenvalue weighted by molar-refractivity contribution is -0.126. The largest absolute Gasteiger partial charge is 0.496 e. The predicted octanol–water partition coefficient (Wildman–Crippen LogP) is 4.17. The van der Waals surface area contributed by atoms with E-state index < -0.39 is 17.9 Å². The molecule has 0 saturated heterocycles. The summed E-state index contributed by atoms with van der Waals surface area (Å²) in [6.45, 7) is 0. The first-order valence-corrected chi connectivity index (χ1v) is 9.57. The molecule has 0 spiro atoms. The van der Waals surface area contributed by atoms with Crippen molar-refractivity contribution < 1.29 is 28.2 Å². The van der Waals surface area contributed by atoms with Crippen LogP contribution in [-0.4, -0.2) is 31.1 Å². The minimum absolute atomic E-state index is 0.00429. The third-order valence-electron chi connectivity index (χ3n) is 5.47. The number of ketones is 1. The lowest BCUT2D eigenvalue weighted by atomic mass is 9.77. The molecule has 1 saturated carbocycles. The number of Topliss-reactive ketones (excluding diaryl/α,β-unsaturated/α-hetero) is 1. The highest BCUT2D eigenvalue weighted by atomic mass is 19.1. The van der Waals surface area contributed by atoms with E-state index in [1.54, 1.807) is 19.2 Å². The van der Waals surface area contributed by atoms with Crippen LogP contribution < -0.4 is 4.74 Å². The van der Waals surface area contributed by atoms with E-state index in [9.17, 15) is 14.0 Å². The molecule has 2 aromatic carbocycles. The van der Waals surface area contributed by atoms with Crippen LogP contribution in [-0.2, 0) is 14.3 Å². The van der Waals surface area contributed by atoms with Gasteiger partial charge in [-0.15, -0.1) is 0 Å². The molecule has 29 heavy (non-hydrogen) atoms. The second-order valence-electron chi connectivity index (χ2n) is 7.20. The molecule has 5 nitrogen and oxygen atoms in total. The number of hydrogen-bond donors (Lipinski definition) is 0. The molecule has 0 N–H and O–H groups in total. The van der Waals surface area contributed by atoms with Crippen LogP contribution in [0.15, 0.2) is 54.8 Å². The number of methoxy groups -OCH3 is 1. The molecule has 6 heteroatoms. The number of benzene rings is 2. The third-order valence-corrected chi connectivity index (χ3v) is 5.47. The van der Waals surface area contributed by atoms with Crippen LogP contribution in [0.4, 0.5) is 4.39 Å². The summed E-state index contributed by atoms with van der Waals surface area (Å²) in [5, 5.41) is 0. The molecule has 4 rings (SSSR count). The van der Waals surface area contributed by atoms with Crippen molar-refractivity contribution in [1.29, 1.82) is 0 Å². The van der Waals surface area contributed by atoms with E-state index in [1.807, 2.05) is 18.2 Å². The zero-order chi connectivity index (χ0) is 20.4. The Morgan fingerprint density at radius 2 is 1.86 bits per heavy atom. The zero-order valence-corrected chi connectivity index (χ0v) is 16.0. The van der Waals surface area contributed by atoms with E-state index in [2.05, 4.69) is 0 Å². The molecule has 0 bridgehead atoms. The number of halogens is 1. The number of para-hydroxylation sites is 1. The van der Waals surface area contributed by atoms with E-state index in [1.165, 1.54) is 24.5 Å². The molecule has 3 atom stereocenters. The minimum atomic E-state index is -0.695. The Morgan fingerprint density at radius 1 is 1.10 bits per heavy atom. The smallest absolute Gasteiger partial charge is 0.341 e. The molecule has 1 heterocycles. The van der Waals surface area contributed by atoms with Gasteiger partial charge in [0.15, 0.2) is 5.78 Å². The van der Waals surface area contributed by atoms with Crippen LogP contribution in [0.5, 0.6) is 5.75 Å². The fourth-order valence-electron chi connectivity index (χ4n) is 3.97. The maximum Gasteiger partial charge on any atom is 0.341 e. The van der Waals surface area contributed by atoms with Gasteiger partial charge in [-0.1, -0.05) is 30.3 Å². The Kier molecular flexibility index (Phi) is 5.34. The molecule has 3 unspecified atom stereocenters. The Labute approximate surface area is 168 Å². The van der Waals surface area contributed by atoms with Crippen LogP contribution in [0, 0.1) is 11.7 Å². The van der Waals surface area contributed by atoms with Gasteiger partial charge in [0.25, 0.3) is 0 Å². The lowest BCUT2D eigenvalue weighted by Gasteiger charge is -2.37. The van der Waals surface area contributed by atoms with Gasteiger partial charge in [0.05, 0.1) is 30.4 Å². The maximum absolute atomic E-state index is 13.8. The molecule has 1 aliphatic heterocycles. The number of carbonyl (C=O) groups excluding carboxylic acids is 2. The number of rotatable bonds is 4. The Hall–Kier alpha value is -3.15. The van der Waals surface area contributed by atoms with Gasteiger partial charge in [-0.3, -0.25) is 4.79 Å². The second-order valence-corrected chi connectivity index (χ2v) is 7.20. The van der Waals surface area contributed by atoms with E-state index in [0.29, 0.717) is 36.1 Å². The number of fused-ring (bicyclic) bond motifs is 1.